The van der Waals surface area contributed by atoms with E-state index in [9.17, 15) is 9.90 Å². The second kappa shape index (κ2) is 8.39. The Morgan fingerprint density at radius 2 is 2.00 bits per heavy atom. The molecule has 1 aliphatic heterocycles. The molecule has 8 heteroatoms. The molecule has 0 spiro atoms. The van der Waals surface area contributed by atoms with Crippen molar-refractivity contribution in [2.45, 2.75) is 19.9 Å². The van der Waals surface area contributed by atoms with E-state index in [4.69, 9.17) is 4.98 Å². The molecule has 0 saturated carbocycles. The first-order chi connectivity index (χ1) is 15.6. The van der Waals surface area contributed by atoms with Gasteiger partial charge in [-0.3, -0.25) is 0 Å². The summed E-state index contributed by atoms with van der Waals surface area (Å²) in [7, 11) is 0. The number of hydrogen-bond acceptors (Lipinski definition) is 7. The fourth-order valence-electron chi connectivity index (χ4n) is 3.88. The first-order valence-electron chi connectivity index (χ1n) is 10.3. The van der Waals surface area contributed by atoms with Gasteiger partial charge >= 0.3 is 5.97 Å². The maximum atomic E-state index is 11.5. The number of nitrogens with one attached hydrogen (secondary N) is 1. The van der Waals surface area contributed by atoms with E-state index in [1.54, 1.807) is 23.6 Å². The first kappa shape index (κ1) is 20.1. The van der Waals surface area contributed by atoms with Crippen molar-refractivity contribution >= 4 is 34.1 Å². The largest absolute Gasteiger partial charge is 0.478 e. The highest BCUT2D eigenvalue weighted by Crippen LogP contribution is 2.34. The molecule has 0 atom stereocenters. The van der Waals surface area contributed by atoms with Crippen molar-refractivity contribution < 1.29 is 9.90 Å². The number of carboxylic acid groups (broad SMARTS) is 1. The van der Waals surface area contributed by atoms with Gasteiger partial charge in [-0.25, -0.2) is 19.7 Å². The lowest BCUT2D eigenvalue weighted by molar-refractivity contribution is 0.0695. The number of anilines is 3. The van der Waals surface area contributed by atoms with Crippen molar-refractivity contribution in [2.24, 2.45) is 0 Å². The van der Waals surface area contributed by atoms with Crippen LogP contribution in [0.2, 0.25) is 0 Å². The third kappa shape index (κ3) is 4.04. The average molecular weight is 444 g/mol. The molecule has 4 aromatic rings. The Morgan fingerprint density at radius 1 is 1.12 bits per heavy atom. The molecule has 2 N–H and O–H groups in total. The number of pyridine rings is 2. The van der Waals surface area contributed by atoms with E-state index in [-0.39, 0.29) is 0 Å². The van der Waals surface area contributed by atoms with Crippen molar-refractivity contribution in [1.29, 1.82) is 0 Å². The second-order valence-electron chi connectivity index (χ2n) is 7.68. The van der Waals surface area contributed by atoms with Crippen LogP contribution in [0.5, 0.6) is 0 Å². The molecule has 0 unspecified atom stereocenters. The number of aromatic nitrogens is 3. The molecule has 0 aliphatic carbocycles. The van der Waals surface area contributed by atoms with E-state index in [0.29, 0.717) is 18.5 Å². The number of carboxylic acids is 1. The quantitative estimate of drug-likeness (QED) is 0.453. The van der Waals surface area contributed by atoms with Crippen LogP contribution < -0.4 is 10.2 Å². The summed E-state index contributed by atoms with van der Waals surface area (Å²) in [5.41, 5.74) is 4.35. The van der Waals surface area contributed by atoms with Gasteiger partial charge in [0, 0.05) is 25.5 Å². The number of fused-ring (bicyclic) bond motifs is 1. The third-order valence-corrected chi connectivity index (χ3v) is 6.51. The van der Waals surface area contributed by atoms with Crippen LogP contribution in [0.1, 0.15) is 27.0 Å². The lowest BCUT2D eigenvalue weighted by Gasteiger charge is -2.29. The summed E-state index contributed by atoms with van der Waals surface area (Å²) in [6.45, 7) is 3.41. The zero-order valence-corrected chi connectivity index (χ0v) is 18.3. The average Bonchev–Trinajstić information content (AvgIpc) is 3.29. The molecular weight excluding hydrogens is 422 g/mol. The molecule has 32 heavy (non-hydrogen) atoms. The van der Waals surface area contributed by atoms with E-state index in [2.05, 4.69) is 20.2 Å². The zero-order chi connectivity index (χ0) is 22.1. The van der Waals surface area contributed by atoms with Crippen molar-refractivity contribution in [3.8, 4) is 10.6 Å². The monoisotopic (exact) mass is 443 g/mol. The number of aryl methyl sites for hydroxylation is 1. The minimum atomic E-state index is -0.868. The highest BCUT2D eigenvalue weighted by atomic mass is 32.1. The number of benzene rings is 1. The Kier molecular flexibility index (Phi) is 5.28. The van der Waals surface area contributed by atoms with E-state index in [0.717, 1.165) is 50.6 Å². The van der Waals surface area contributed by atoms with Gasteiger partial charge in [0.15, 0.2) is 5.13 Å². The van der Waals surface area contributed by atoms with E-state index in [1.165, 1.54) is 0 Å². The summed E-state index contributed by atoms with van der Waals surface area (Å²) in [5.74, 6) is 0.614. The van der Waals surface area contributed by atoms with Crippen LogP contribution in [0.15, 0.2) is 60.9 Å². The van der Waals surface area contributed by atoms with Crippen LogP contribution in [-0.4, -0.2) is 32.6 Å². The standard InChI is InChI=1S/C24H21N5O2S/c1-15-8-10-25-22(12-15)28-21-7-3-6-19(27-21)20-13-26-24(32-20)29-11-9-17-16(14-29)4-2-5-18(17)23(30)31/h2-8,10,12-13H,9,11,14H2,1H3,(H,30,31)(H,25,27,28). The smallest absolute Gasteiger partial charge is 0.335 e. The van der Waals surface area contributed by atoms with E-state index in [1.807, 2.05) is 55.6 Å². The molecule has 0 fully saturated rings. The molecule has 5 rings (SSSR count). The summed E-state index contributed by atoms with van der Waals surface area (Å²) < 4.78 is 0. The predicted molar refractivity (Wildman–Crippen MR) is 126 cm³/mol. The van der Waals surface area contributed by atoms with E-state index >= 15 is 0 Å². The van der Waals surface area contributed by atoms with Gasteiger partial charge in [-0.2, -0.15) is 0 Å². The van der Waals surface area contributed by atoms with Crippen LogP contribution in [0.4, 0.5) is 16.8 Å². The maximum absolute atomic E-state index is 11.5. The van der Waals surface area contributed by atoms with Gasteiger partial charge in [-0.15, -0.1) is 0 Å². The summed E-state index contributed by atoms with van der Waals surface area (Å²) in [6.07, 6.45) is 4.31. The summed E-state index contributed by atoms with van der Waals surface area (Å²) in [4.78, 5) is 28.4. The minimum absolute atomic E-state index is 0.401. The predicted octanol–water partition coefficient (Wildman–Crippen LogP) is 4.91. The molecule has 0 radical (unpaired) electrons. The Hall–Kier alpha value is -3.78. The SMILES string of the molecule is Cc1ccnc(Nc2cccc(-c3cnc(N4CCc5c(cccc5C(=O)O)C4)s3)n2)c1. The topological polar surface area (TPSA) is 91.2 Å². The van der Waals surface area contributed by atoms with E-state index < -0.39 is 5.97 Å². The Balaban J connectivity index is 1.35. The molecular formula is C24H21N5O2S. The van der Waals surface area contributed by atoms with Crippen LogP contribution in [0, 0.1) is 6.92 Å². The number of carbonyl (C=O) groups is 1. The van der Waals surface area contributed by atoms with Gasteiger partial charge < -0.3 is 15.3 Å². The zero-order valence-electron chi connectivity index (χ0n) is 17.4. The molecule has 4 heterocycles. The molecule has 0 amide bonds. The van der Waals surface area contributed by atoms with Gasteiger partial charge in [0.1, 0.15) is 11.6 Å². The highest BCUT2D eigenvalue weighted by Gasteiger charge is 2.23. The van der Waals surface area contributed by atoms with Crippen molar-refractivity contribution in [1.82, 2.24) is 15.0 Å². The van der Waals surface area contributed by atoms with Crippen LogP contribution in [-0.2, 0) is 13.0 Å². The van der Waals surface area contributed by atoms with Crippen molar-refractivity contribution in [2.75, 3.05) is 16.8 Å². The molecule has 0 saturated heterocycles. The lowest BCUT2D eigenvalue weighted by Crippen LogP contribution is -2.31. The molecule has 7 nitrogen and oxygen atoms in total. The van der Waals surface area contributed by atoms with Gasteiger partial charge in [-0.05, 0) is 60.4 Å². The molecule has 160 valence electrons. The normalized spacial score (nSPS) is 13.0. The summed E-state index contributed by atoms with van der Waals surface area (Å²) in [6, 6.07) is 15.3. The molecule has 1 aromatic carbocycles. The number of aromatic carboxylic acids is 1. The molecule has 0 bridgehead atoms. The van der Waals surface area contributed by atoms with Crippen LogP contribution >= 0.6 is 11.3 Å². The summed E-state index contributed by atoms with van der Waals surface area (Å²) >= 11 is 1.59. The highest BCUT2D eigenvalue weighted by molar-refractivity contribution is 7.18. The van der Waals surface area contributed by atoms with Crippen molar-refractivity contribution in [3.63, 3.8) is 0 Å². The molecule has 3 aromatic heterocycles. The number of thiazole rings is 1. The minimum Gasteiger partial charge on any atom is -0.478 e. The van der Waals surface area contributed by atoms with Gasteiger partial charge in [0.25, 0.3) is 0 Å². The Labute approximate surface area is 189 Å². The van der Waals surface area contributed by atoms with Gasteiger partial charge in [0.2, 0.25) is 0 Å². The summed E-state index contributed by atoms with van der Waals surface area (Å²) in [5, 5.41) is 13.6. The number of nitrogens with zero attached hydrogens (tertiary/aromatic N) is 4. The molecule has 1 aliphatic rings. The first-order valence-corrected chi connectivity index (χ1v) is 11.1. The fraction of sp³-hybridized carbons (Fsp3) is 0.167. The van der Waals surface area contributed by atoms with Crippen LogP contribution in [0.3, 0.4) is 0 Å². The fourth-order valence-corrected chi connectivity index (χ4v) is 4.79. The van der Waals surface area contributed by atoms with Crippen LogP contribution in [0.25, 0.3) is 10.6 Å². The lowest BCUT2D eigenvalue weighted by atomic mass is 9.95. The third-order valence-electron chi connectivity index (χ3n) is 5.43. The van der Waals surface area contributed by atoms with Gasteiger partial charge in [-0.1, -0.05) is 29.5 Å². The maximum Gasteiger partial charge on any atom is 0.335 e. The van der Waals surface area contributed by atoms with Crippen molar-refractivity contribution in [3.05, 3.63) is 83.2 Å². The second-order valence-corrected chi connectivity index (χ2v) is 8.69. The Bertz CT molecular complexity index is 1300. The van der Waals surface area contributed by atoms with Gasteiger partial charge in [0.05, 0.1) is 16.1 Å². The Morgan fingerprint density at radius 3 is 2.84 bits per heavy atom. The number of hydrogen-bond donors (Lipinski definition) is 2. The number of rotatable bonds is 5.